The van der Waals surface area contributed by atoms with Crippen LogP contribution in [0.25, 0.3) is 0 Å². The number of carbonyl (C=O) groups excluding carboxylic acids is 2. The number of hydrogen-bond donors (Lipinski definition) is 0. The third kappa shape index (κ3) is 2.95. The summed E-state index contributed by atoms with van der Waals surface area (Å²) in [4.78, 5) is 22.5. The monoisotopic (exact) mass is 285 g/mol. The van der Waals surface area contributed by atoms with Gasteiger partial charge in [-0.15, -0.1) is 0 Å². The molecule has 94 valence electrons. The molecule has 0 saturated carbocycles. The van der Waals surface area contributed by atoms with Crippen LogP contribution in [0.4, 0.5) is 5.69 Å². The molecule has 1 heterocycles. The first-order valence-corrected chi connectivity index (χ1v) is 5.23. The van der Waals surface area contributed by atoms with E-state index in [0.717, 1.165) is 0 Å². The Labute approximate surface area is 124 Å². The number of benzene rings is 1. The van der Waals surface area contributed by atoms with E-state index in [4.69, 9.17) is 0 Å². The minimum absolute atomic E-state index is 0. The Bertz CT molecular complexity index is 571. The summed E-state index contributed by atoms with van der Waals surface area (Å²) in [5.74, 6) is -2.31. The van der Waals surface area contributed by atoms with Crippen molar-refractivity contribution in [3.05, 3.63) is 29.8 Å². The second-order valence-electron chi connectivity index (χ2n) is 2.87. The molecule has 1 aliphatic heterocycles. The Morgan fingerprint density at radius 3 is 2.06 bits per heavy atom. The van der Waals surface area contributed by atoms with E-state index in [2.05, 4.69) is 0 Å². The van der Waals surface area contributed by atoms with Gasteiger partial charge in [0, 0.05) is 0 Å². The predicted octanol–water partition coefficient (Wildman–Crippen LogP) is -4.97. The number of rotatable bonds is 1. The van der Waals surface area contributed by atoms with Crippen LogP contribution >= 0.6 is 0 Å². The van der Waals surface area contributed by atoms with Crippen LogP contribution in [0.1, 0.15) is 10.4 Å². The van der Waals surface area contributed by atoms with E-state index < -0.39 is 22.0 Å². The molecule has 1 aromatic carbocycles. The van der Waals surface area contributed by atoms with E-state index in [0.29, 0.717) is 0 Å². The van der Waals surface area contributed by atoms with Crippen LogP contribution in [0.5, 0.6) is 0 Å². The zero-order chi connectivity index (χ0) is 11.2. The molecule has 10 heteroatoms. The van der Waals surface area contributed by atoms with E-state index in [1.54, 1.807) is 0 Å². The largest absolute Gasteiger partial charge is 1.00 e. The zero-order valence-electron chi connectivity index (χ0n) is 9.21. The molecule has 0 aromatic heterocycles. The van der Waals surface area contributed by atoms with Gasteiger partial charge in [0.1, 0.15) is 0 Å². The SMILES string of the molecule is O.O.O=C1C(=O)N(S(=O)(=O)[O-])c2ccccc21.[Na+]. The molecule has 1 aliphatic rings. The molecule has 8 nitrogen and oxygen atoms in total. The minimum Gasteiger partial charge on any atom is -0.730 e. The molecule has 1 amide bonds. The third-order valence-corrected chi connectivity index (χ3v) is 2.78. The molecule has 0 atom stereocenters. The number of hydrogen-bond acceptors (Lipinski definition) is 5. The van der Waals surface area contributed by atoms with Crippen molar-refractivity contribution in [2.75, 3.05) is 4.31 Å². The van der Waals surface area contributed by atoms with E-state index >= 15 is 0 Å². The summed E-state index contributed by atoms with van der Waals surface area (Å²) >= 11 is 0. The summed E-state index contributed by atoms with van der Waals surface area (Å²) in [6.07, 6.45) is 0. The molecule has 0 aliphatic carbocycles. The summed E-state index contributed by atoms with van der Waals surface area (Å²) in [5, 5.41) is 0. The molecule has 0 saturated heterocycles. The summed E-state index contributed by atoms with van der Waals surface area (Å²) in [6, 6.07) is 5.43. The van der Waals surface area contributed by atoms with Crippen molar-refractivity contribution in [2.45, 2.75) is 0 Å². The van der Waals surface area contributed by atoms with Crippen LogP contribution < -0.4 is 33.9 Å². The van der Waals surface area contributed by atoms with Gasteiger partial charge in [-0.1, -0.05) is 12.1 Å². The fourth-order valence-corrected chi connectivity index (χ4v) is 2.07. The van der Waals surface area contributed by atoms with Crippen molar-refractivity contribution in [2.24, 2.45) is 0 Å². The number of anilines is 1. The standard InChI is InChI=1S/C8H5NO5S.Na.2H2O/c10-7-5-3-1-2-4-6(5)9(8(7)11)15(12,13)14;;;/h1-4H,(H,12,13,14);;2*1H2/q;+1;;/p-1. The summed E-state index contributed by atoms with van der Waals surface area (Å²) in [7, 11) is -4.99. The number of amides is 1. The Morgan fingerprint density at radius 1 is 1.06 bits per heavy atom. The van der Waals surface area contributed by atoms with Crippen molar-refractivity contribution in [1.29, 1.82) is 0 Å². The minimum atomic E-state index is -4.99. The van der Waals surface area contributed by atoms with Gasteiger partial charge in [-0.3, -0.25) is 9.59 Å². The molecule has 0 spiro atoms. The van der Waals surface area contributed by atoms with Crippen LogP contribution in [-0.4, -0.2) is 35.6 Å². The summed E-state index contributed by atoms with van der Waals surface area (Å²) in [5.41, 5.74) is -0.246. The fraction of sp³-hybridized carbons (Fsp3) is 0. The molecule has 4 N–H and O–H groups in total. The van der Waals surface area contributed by atoms with Crippen molar-refractivity contribution >= 4 is 27.7 Å². The number of carbonyl (C=O) groups is 2. The van der Waals surface area contributed by atoms with Gasteiger partial charge in [-0.2, -0.15) is 0 Å². The van der Waals surface area contributed by atoms with Gasteiger partial charge in [0.15, 0.2) is 10.3 Å². The summed E-state index contributed by atoms with van der Waals surface area (Å²) < 4.78 is 32.2. The zero-order valence-corrected chi connectivity index (χ0v) is 12.0. The summed E-state index contributed by atoms with van der Waals surface area (Å²) in [6.45, 7) is 0. The Balaban J connectivity index is 0. The van der Waals surface area contributed by atoms with Crippen molar-refractivity contribution < 1.29 is 63.1 Å². The first-order chi connectivity index (χ1) is 6.93. The maximum atomic E-state index is 11.3. The van der Waals surface area contributed by atoms with Crippen LogP contribution in [0.15, 0.2) is 24.3 Å². The second-order valence-corrected chi connectivity index (χ2v) is 4.09. The molecule has 0 fully saturated rings. The second kappa shape index (κ2) is 6.38. The van der Waals surface area contributed by atoms with E-state index in [1.165, 1.54) is 24.3 Å². The van der Waals surface area contributed by atoms with Crippen molar-refractivity contribution in [3.63, 3.8) is 0 Å². The molecule has 0 radical (unpaired) electrons. The van der Waals surface area contributed by atoms with E-state index in [9.17, 15) is 22.6 Å². The van der Waals surface area contributed by atoms with Gasteiger partial charge >= 0.3 is 35.5 Å². The van der Waals surface area contributed by atoms with Gasteiger partial charge in [-0.25, -0.2) is 12.7 Å². The number of Topliss-reactive ketones (excluding diaryl/α,β-unsaturated/α-hetero) is 1. The Hall–Kier alpha value is -0.810. The number of nitrogens with zero attached hydrogens (tertiary/aromatic N) is 1. The Morgan fingerprint density at radius 2 is 1.56 bits per heavy atom. The average molecular weight is 285 g/mol. The van der Waals surface area contributed by atoms with Gasteiger partial charge in [-0.05, 0) is 12.1 Å². The van der Waals surface area contributed by atoms with Crippen LogP contribution in [0, 0.1) is 0 Å². The average Bonchev–Trinajstić information content (AvgIpc) is 2.39. The van der Waals surface area contributed by atoms with E-state index in [1.807, 2.05) is 0 Å². The molecule has 0 unspecified atom stereocenters. The van der Waals surface area contributed by atoms with Crippen LogP contribution in [0.2, 0.25) is 0 Å². The topological polar surface area (TPSA) is 158 Å². The Kier molecular flexibility index (Phi) is 6.93. The smallest absolute Gasteiger partial charge is 0.730 e. The predicted molar refractivity (Wildman–Crippen MR) is 55.2 cm³/mol. The third-order valence-electron chi connectivity index (χ3n) is 1.97. The van der Waals surface area contributed by atoms with Gasteiger partial charge in [0.25, 0.3) is 5.78 Å². The normalized spacial score (nSPS) is 13.1. The number of fused-ring (bicyclic) bond motifs is 1. The van der Waals surface area contributed by atoms with Gasteiger partial charge < -0.3 is 15.5 Å². The van der Waals surface area contributed by atoms with Crippen LogP contribution in [-0.2, 0) is 15.1 Å². The maximum absolute atomic E-state index is 11.3. The van der Waals surface area contributed by atoms with Gasteiger partial charge in [0.2, 0.25) is 0 Å². The van der Waals surface area contributed by atoms with Crippen molar-refractivity contribution in [1.82, 2.24) is 0 Å². The fourth-order valence-electron chi connectivity index (χ4n) is 1.38. The molecular weight excluding hydrogens is 277 g/mol. The molecular formula is C8H8NNaO7S. The molecule has 2 rings (SSSR count). The number of para-hydroxylation sites is 1. The number of ketones is 1. The molecule has 18 heavy (non-hydrogen) atoms. The molecule has 1 aromatic rings. The van der Waals surface area contributed by atoms with Crippen LogP contribution in [0.3, 0.4) is 0 Å². The maximum Gasteiger partial charge on any atom is 1.00 e. The first-order valence-electron chi connectivity index (χ1n) is 3.87. The van der Waals surface area contributed by atoms with Gasteiger partial charge in [0.05, 0.1) is 11.3 Å². The van der Waals surface area contributed by atoms with Crippen molar-refractivity contribution in [3.8, 4) is 0 Å². The first kappa shape index (κ1) is 19.5. The molecule has 0 bridgehead atoms. The van der Waals surface area contributed by atoms with E-state index in [-0.39, 0.29) is 56.1 Å². The quantitative estimate of drug-likeness (QED) is 0.287.